The maximum Gasteiger partial charge on any atom is 0.314 e. The van der Waals surface area contributed by atoms with Gasteiger partial charge in [-0.15, -0.1) is 5.10 Å². The van der Waals surface area contributed by atoms with E-state index in [9.17, 15) is 4.79 Å². The Morgan fingerprint density at radius 2 is 2.00 bits per heavy atom. The first-order chi connectivity index (χ1) is 13.7. The quantitative estimate of drug-likeness (QED) is 0.239. The van der Waals surface area contributed by atoms with Crippen molar-refractivity contribution in [1.82, 2.24) is 0 Å². The van der Waals surface area contributed by atoms with E-state index in [-0.39, 0.29) is 11.9 Å². The average molecular weight is 398 g/mol. The molecule has 1 saturated carbocycles. The molecule has 0 aromatic heterocycles. The van der Waals surface area contributed by atoms with Crippen molar-refractivity contribution in [2.75, 3.05) is 6.61 Å². The van der Waals surface area contributed by atoms with Gasteiger partial charge in [-0.3, -0.25) is 4.79 Å². The molecule has 28 heavy (non-hydrogen) atoms. The number of hydrogen-bond acceptors (Lipinski definition) is 6. The molecule has 2 N–H and O–H groups in total. The maximum atomic E-state index is 11.9. The van der Waals surface area contributed by atoms with Crippen molar-refractivity contribution < 1.29 is 14.3 Å². The monoisotopic (exact) mass is 397 g/mol. The molecule has 3 rings (SSSR count). The molecular weight excluding hydrogens is 374 g/mol. The van der Waals surface area contributed by atoms with E-state index in [1.54, 1.807) is 24.4 Å². The number of ether oxygens (including phenoxy) is 2. The number of carbonyl (C=O) groups is 1. The van der Waals surface area contributed by atoms with Gasteiger partial charge < -0.3 is 15.2 Å². The molecule has 1 fully saturated rings. The summed E-state index contributed by atoms with van der Waals surface area (Å²) in [6.45, 7) is 2.35. The third-order valence-electron chi connectivity index (χ3n) is 3.98. The van der Waals surface area contributed by atoms with Crippen LogP contribution < -0.4 is 15.2 Å². The van der Waals surface area contributed by atoms with E-state index in [2.05, 4.69) is 10.2 Å². The second-order valence-corrected chi connectivity index (χ2v) is 7.29. The molecule has 1 aliphatic rings. The maximum absolute atomic E-state index is 11.9. The normalized spacial score (nSPS) is 14.2. The van der Waals surface area contributed by atoms with E-state index in [0.29, 0.717) is 23.3 Å². The fourth-order valence-corrected chi connectivity index (χ4v) is 2.99. The van der Waals surface area contributed by atoms with Crippen LogP contribution in [0.25, 0.3) is 0 Å². The number of hydrogen-bond donors (Lipinski definition) is 1. The topological polar surface area (TPSA) is 86.3 Å². The number of carbonyl (C=O) groups excluding carboxylic acids is 1. The van der Waals surface area contributed by atoms with Gasteiger partial charge in [0.1, 0.15) is 0 Å². The smallest absolute Gasteiger partial charge is 0.314 e. The lowest BCUT2D eigenvalue weighted by molar-refractivity contribution is -0.135. The molecule has 0 atom stereocenters. The number of nitrogens with zero attached hydrogens (tertiary/aromatic N) is 2. The molecule has 0 heterocycles. The van der Waals surface area contributed by atoms with Crippen molar-refractivity contribution in [1.29, 1.82) is 0 Å². The molecule has 1 aliphatic carbocycles. The third-order valence-corrected chi connectivity index (χ3v) is 4.84. The molecule has 7 heteroatoms. The van der Waals surface area contributed by atoms with Crippen LogP contribution in [0, 0.1) is 5.92 Å². The van der Waals surface area contributed by atoms with Crippen LogP contribution in [0.2, 0.25) is 0 Å². The summed E-state index contributed by atoms with van der Waals surface area (Å²) in [4.78, 5) is 11.9. The molecule has 0 amide bonds. The number of rotatable bonds is 8. The van der Waals surface area contributed by atoms with Crippen molar-refractivity contribution in [3.8, 4) is 11.5 Å². The van der Waals surface area contributed by atoms with Gasteiger partial charge in [-0.2, -0.15) is 5.10 Å². The van der Waals surface area contributed by atoms with E-state index < -0.39 is 0 Å². The van der Waals surface area contributed by atoms with E-state index in [0.717, 1.165) is 24.2 Å². The van der Waals surface area contributed by atoms with Gasteiger partial charge in [0.15, 0.2) is 16.7 Å². The first-order valence-electron chi connectivity index (χ1n) is 9.17. The highest BCUT2D eigenvalue weighted by Crippen LogP contribution is 2.34. The largest absolute Gasteiger partial charge is 0.490 e. The molecular formula is C21H23N3O3S. The van der Waals surface area contributed by atoms with Gasteiger partial charge in [0.25, 0.3) is 0 Å². The zero-order valence-electron chi connectivity index (χ0n) is 15.7. The lowest BCUT2D eigenvalue weighted by Crippen LogP contribution is -2.11. The predicted molar refractivity (Wildman–Crippen MR) is 113 cm³/mol. The Bertz CT molecular complexity index is 864. The number of benzene rings is 2. The van der Waals surface area contributed by atoms with Crippen molar-refractivity contribution in [3.63, 3.8) is 0 Å². The minimum Gasteiger partial charge on any atom is -0.490 e. The molecule has 146 valence electrons. The lowest BCUT2D eigenvalue weighted by atomic mass is 10.2. The summed E-state index contributed by atoms with van der Waals surface area (Å²) in [6.07, 6.45) is 3.38. The highest BCUT2D eigenvalue weighted by molar-refractivity contribution is 8.13. The van der Waals surface area contributed by atoms with Gasteiger partial charge in [-0.05, 0) is 49.1 Å². The highest BCUT2D eigenvalue weighted by atomic mass is 32.2. The Balaban J connectivity index is 1.60. The molecule has 0 bridgehead atoms. The van der Waals surface area contributed by atoms with Gasteiger partial charge in [-0.25, -0.2) is 0 Å². The van der Waals surface area contributed by atoms with Crippen molar-refractivity contribution in [2.24, 2.45) is 21.9 Å². The van der Waals surface area contributed by atoms with Crippen LogP contribution in [0.3, 0.4) is 0 Å². The van der Waals surface area contributed by atoms with Gasteiger partial charge in [0.05, 0.1) is 18.7 Å². The van der Waals surface area contributed by atoms with E-state index >= 15 is 0 Å². The molecule has 0 aliphatic heterocycles. The average Bonchev–Trinajstić information content (AvgIpc) is 3.55. The zero-order valence-corrected chi connectivity index (χ0v) is 16.5. The second-order valence-electron chi connectivity index (χ2n) is 6.29. The fourth-order valence-electron chi connectivity index (χ4n) is 2.38. The van der Waals surface area contributed by atoms with Crippen molar-refractivity contribution in [2.45, 2.75) is 25.5 Å². The Kier molecular flexibility index (Phi) is 7.08. The summed E-state index contributed by atoms with van der Waals surface area (Å²) >= 11 is 1.43. The third kappa shape index (κ3) is 6.13. The SMILES string of the molecule is CCOc1cc(C=NN=C(N)SCc2ccccc2)ccc1OC(=O)C1CC1. The van der Waals surface area contributed by atoms with Crippen LogP contribution >= 0.6 is 11.8 Å². The van der Waals surface area contributed by atoms with Gasteiger partial charge in [0, 0.05) is 5.75 Å². The second kappa shape index (κ2) is 9.94. The van der Waals surface area contributed by atoms with Crippen LogP contribution in [0.4, 0.5) is 0 Å². The van der Waals surface area contributed by atoms with Gasteiger partial charge >= 0.3 is 5.97 Å². The van der Waals surface area contributed by atoms with Crippen LogP contribution in [0.15, 0.2) is 58.7 Å². The van der Waals surface area contributed by atoms with E-state index in [1.165, 1.54) is 17.3 Å². The first-order valence-corrected chi connectivity index (χ1v) is 10.2. The summed E-state index contributed by atoms with van der Waals surface area (Å²) in [5.74, 6) is 1.51. The van der Waals surface area contributed by atoms with E-state index in [4.69, 9.17) is 15.2 Å². The first kappa shape index (κ1) is 19.9. The molecule has 0 unspecified atom stereocenters. The zero-order chi connectivity index (χ0) is 19.8. The van der Waals surface area contributed by atoms with Crippen LogP contribution in [0.5, 0.6) is 11.5 Å². The molecule has 0 radical (unpaired) electrons. The molecule has 0 saturated heterocycles. The predicted octanol–water partition coefficient (Wildman–Crippen LogP) is 3.98. The van der Waals surface area contributed by atoms with Crippen molar-refractivity contribution in [3.05, 3.63) is 59.7 Å². The highest BCUT2D eigenvalue weighted by Gasteiger charge is 2.32. The lowest BCUT2D eigenvalue weighted by Gasteiger charge is -2.10. The van der Waals surface area contributed by atoms with Crippen LogP contribution in [-0.4, -0.2) is 24.0 Å². The molecule has 6 nitrogen and oxygen atoms in total. The Labute approximate surface area is 168 Å². The molecule has 2 aromatic carbocycles. The summed E-state index contributed by atoms with van der Waals surface area (Å²) in [5, 5.41) is 8.44. The molecule has 2 aromatic rings. The standard InChI is InChI=1S/C21H23N3O3S/c1-2-26-19-12-16(8-11-18(19)27-20(25)17-9-10-17)13-23-24-21(22)28-14-15-6-4-3-5-7-15/h3-8,11-13,17H,2,9-10,14H2,1H3,(H2,22,24). The summed E-state index contributed by atoms with van der Waals surface area (Å²) in [6, 6.07) is 15.3. The molecule has 0 spiro atoms. The summed E-state index contributed by atoms with van der Waals surface area (Å²) in [7, 11) is 0. The van der Waals surface area contributed by atoms with E-state index in [1.807, 2.05) is 37.3 Å². The number of esters is 1. The minimum absolute atomic E-state index is 0.0291. The van der Waals surface area contributed by atoms with Crippen LogP contribution in [0.1, 0.15) is 30.9 Å². The Morgan fingerprint density at radius 3 is 2.71 bits per heavy atom. The van der Waals surface area contributed by atoms with Gasteiger partial charge in [0.2, 0.25) is 0 Å². The number of thioether (sulfide) groups is 1. The summed E-state index contributed by atoms with van der Waals surface area (Å²) in [5.41, 5.74) is 7.84. The van der Waals surface area contributed by atoms with Crippen LogP contribution in [-0.2, 0) is 10.5 Å². The Morgan fingerprint density at radius 1 is 1.21 bits per heavy atom. The number of amidine groups is 1. The number of nitrogens with two attached hydrogens (primary N) is 1. The fraction of sp³-hybridized carbons (Fsp3) is 0.286. The minimum atomic E-state index is -0.199. The van der Waals surface area contributed by atoms with Crippen molar-refractivity contribution >= 4 is 29.1 Å². The Hall–Kier alpha value is -2.80. The summed E-state index contributed by atoms with van der Waals surface area (Å²) < 4.78 is 11.0. The van der Waals surface area contributed by atoms with Gasteiger partial charge in [-0.1, -0.05) is 42.1 Å².